The molecule has 1 aromatic heterocycles. The van der Waals surface area contributed by atoms with Crippen LogP contribution < -0.4 is 10.6 Å². The lowest BCUT2D eigenvalue weighted by Gasteiger charge is -2.10. The van der Waals surface area contributed by atoms with Crippen LogP contribution in [-0.2, 0) is 15.7 Å². The average molecular weight is 483 g/mol. The van der Waals surface area contributed by atoms with Crippen molar-refractivity contribution in [2.45, 2.75) is 13.1 Å². The van der Waals surface area contributed by atoms with Crippen LogP contribution in [-0.4, -0.2) is 29.4 Å². The first-order valence-corrected chi connectivity index (χ1v) is 10.4. The molecule has 0 unspecified atom stereocenters. The summed E-state index contributed by atoms with van der Waals surface area (Å²) in [4.78, 5) is 40.3. The zero-order valence-electron chi connectivity index (χ0n) is 18.4. The molecule has 0 fully saturated rings. The van der Waals surface area contributed by atoms with Crippen LogP contribution in [0.3, 0.4) is 0 Å². The van der Waals surface area contributed by atoms with Crippen LogP contribution in [0.15, 0.2) is 72.9 Å². The van der Waals surface area contributed by atoms with Crippen LogP contribution >= 0.6 is 0 Å². The van der Waals surface area contributed by atoms with Gasteiger partial charge < -0.3 is 15.4 Å². The molecular formula is C25H20F3N3O4. The van der Waals surface area contributed by atoms with Crippen molar-refractivity contribution in [3.8, 4) is 0 Å². The largest absolute Gasteiger partial charge is 0.462 e. The van der Waals surface area contributed by atoms with E-state index in [2.05, 4.69) is 15.6 Å². The van der Waals surface area contributed by atoms with E-state index in [0.29, 0.717) is 5.56 Å². The first-order valence-electron chi connectivity index (χ1n) is 10.4. The van der Waals surface area contributed by atoms with Crippen LogP contribution in [0.5, 0.6) is 0 Å². The van der Waals surface area contributed by atoms with E-state index in [1.165, 1.54) is 54.7 Å². The topological polar surface area (TPSA) is 97.4 Å². The average Bonchev–Trinajstić information content (AvgIpc) is 2.83. The van der Waals surface area contributed by atoms with Gasteiger partial charge >= 0.3 is 12.1 Å². The van der Waals surface area contributed by atoms with Crippen molar-refractivity contribution < 1.29 is 32.3 Å². The molecule has 0 bridgehead atoms. The summed E-state index contributed by atoms with van der Waals surface area (Å²) in [5, 5.41) is 4.97. The molecule has 1 heterocycles. The summed E-state index contributed by atoms with van der Waals surface area (Å²) >= 11 is 0. The molecule has 0 aliphatic heterocycles. The Morgan fingerprint density at radius 3 is 2.43 bits per heavy atom. The van der Waals surface area contributed by atoms with Gasteiger partial charge in [0.2, 0.25) is 5.91 Å². The predicted octanol–water partition coefficient (Wildman–Crippen LogP) is 5.18. The second kappa shape index (κ2) is 11.1. The fourth-order valence-corrected chi connectivity index (χ4v) is 2.90. The van der Waals surface area contributed by atoms with Crippen molar-refractivity contribution in [3.63, 3.8) is 0 Å². The highest BCUT2D eigenvalue weighted by atomic mass is 19.4. The predicted molar refractivity (Wildman–Crippen MR) is 124 cm³/mol. The number of ether oxygens (including phenoxy) is 1. The number of amides is 2. The number of aromatic nitrogens is 1. The lowest BCUT2D eigenvalue weighted by atomic mass is 10.1. The summed E-state index contributed by atoms with van der Waals surface area (Å²) in [5.41, 5.74) is 0.0962. The Kier molecular flexibility index (Phi) is 7.98. The fraction of sp³-hybridized carbons (Fsp3) is 0.120. The SMILES string of the molecule is CCOC(=O)c1ccc(NC(=O)/C=C/c2cccc(C(=O)Nc3cccc(C(F)(F)F)c3)c2)nc1. The molecule has 180 valence electrons. The Morgan fingerprint density at radius 1 is 0.971 bits per heavy atom. The molecule has 0 aliphatic rings. The van der Waals surface area contributed by atoms with Crippen LogP contribution in [0.1, 0.15) is 38.8 Å². The van der Waals surface area contributed by atoms with E-state index < -0.39 is 29.5 Å². The Balaban J connectivity index is 1.62. The summed E-state index contributed by atoms with van der Waals surface area (Å²) in [7, 11) is 0. The maximum atomic E-state index is 12.9. The minimum atomic E-state index is -4.52. The summed E-state index contributed by atoms with van der Waals surface area (Å²) < 4.78 is 43.5. The quantitative estimate of drug-likeness (QED) is 0.357. The number of hydrogen-bond donors (Lipinski definition) is 2. The normalized spacial score (nSPS) is 11.2. The maximum absolute atomic E-state index is 12.9. The van der Waals surface area contributed by atoms with Gasteiger partial charge in [0.15, 0.2) is 0 Å². The monoisotopic (exact) mass is 483 g/mol. The lowest BCUT2D eigenvalue weighted by molar-refractivity contribution is -0.137. The Labute approximate surface area is 198 Å². The number of carbonyl (C=O) groups excluding carboxylic acids is 3. The van der Waals surface area contributed by atoms with Gasteiger partial charge in [-0.1, -0.05) is 18.2 Å². The molecule has 0 spiro atoms. The number of anilines is 2. The van der Waals surface area contributed by atoms with Crippen LogP contribution in [0, 0.1) is 0 Å². The van der Waals surface area contributed by atoms with Gasteiger partial charge in [-0.3, -0.25) is 9.59 Å². The fourth-order valence-electron chi connectivity index (χ4n) is 2.90. The highest BCUT2D eigenvalue weighted by Gasteiger charge is 2.30. The molecule has 35 heavy (non-hydrogen) atoms. The Hall–Kier alpha value is -4.47. The molecular weight excluding hydrogens is 463 g/mol. The molecule has 0 radical (unpaired) electrons. The first kappa shape index (κ1) is 25.2. The van der Waals surface area contributed by atoms with Crippen LogP contribution in [0.2, 0.25) is 0 Å². The minimum Gasteiger partial charge on any atom is -0.462 e. The zero-order valence-corrected chi connectivity index (χ0v) is 18.4. The van der Waals surface area contributed by atoms with Gasteiger partial charge in [-0.2, -0.15) is 13.2 Å². The first-order chi connectivity index (χ1) is 16.7. The summed E-state index contributed by atoms with van der Waals surface area (Å²) in [5.74, 6) is -1.40. The summed E-state index contributed by atoms with van der Waals surface area (Å²) in [6.45, 7) is 1.92. The number of nitrogens with zero attached hydrogens (tertiary/aromatic N) is 1. The number of hydrogen-bond acceptors (Lipinski definition) is 5. The van der Waals surface area contributed by atoms with Gasteiger partial charge in [0.05, 0.1) is 17.7 Å². The van der Waals surface area contributed by atoms with E-state index in [1.807, 2.05) is 0 Å². The molecule has 7 nitrogen and oxygen atoms in total. The third kappa shape index (κ3) is 7.26. The smallest absolute Gasteiger partial charge is 0.416 e. The minimum absolute atomic E-state index is 0.00613. The van der Waals surface area contributed by atoms with Crippen molar-refractivity contribution in [2.75, 3.05) is 17.2 Å². The van der Waals surface area contributed by atoms with Crippen LogP contribution in [0.4, 0.5) is 24.7 Å². The van der Waals surface area contributed by atoms with Crippen LogP contribution in [0.25, 0.3) is 6.08 Å². The molecule has 3 aromatic rings. The number of benzene rings is 2. The van der Waals surface area contributed by atoms with E-state index >= 15 is 0 Å². The second-order valence-electron chi connectivity index (χ2n) is 7.13. The number of pyridine rings is 1. The van der Waals surface area contributed by atoms with Gasteiger partial charge in [-0.25, -0.2) is 9.78 Å². The second-order valence-corrected chi connectivity index (χ2v) is 7.13. The van der Waals surface area contributed by atoms with Gasteiger partial charge in [-0.05, 0) is 61.0 Å². The van der Waals surface area contributed by atoms with Crippen molar-refractivity contribution >= 4 is 35.4 Å². The Bertz CT molecular complexity index is 1260. The van der Waals surface area contributed by atoms with E-state index in [4.69, 9.17) is 4.74 Å². The molecule has 0 saturated carbocycles. The number of halogens is 3. The van der Waals surface area contributed by atoms with Crippen molar-refractivity contribution in [2.24, 2.45) is 0 Å². The summed E-state index contributed by atoms with van der Waals surface area (Å²) in [6, 6.07) is 13.5. The highest BCUT2D eigenvalue weighted by molar-refractivity contribution is 6.05. The zero-order chi connectivity index (χ0) is 25.4. The number of nitrogens with one attached hydrogen (secondary N) is 2. The number of carbonyl (C=O) groups is 3. The third-order valence-corrected chi connectivity index (χ3v) is 4.55. The summed E-state index contributed by atoms with van der Waals surface area (Å²) in [6.07, 6.45) is -0.553. The van der Waals surface area contributed by atoms with E-state index in [-0.39, 0.29) is 29.2 Å². The lowest BCUT2D eigenvalue weighted by Crippen LogP contribution is -2.13. The van der Waals surface area contributed by atoms with E-state index in [1.54, 1.807) is 19.1 Å². The van der Waals surface area contributed by atoms with Crippen molar-refractivity contribution in [3.05, 3.63) is 95.2 Å². The molecule has 2 N–H and O–H groups in total. The molecule has 2 aromatic carbocycles. The molecule has 10 heteroatoms. The Morgan fingerprint density at radius 2 is 1.74 bits per heavy atom. The molecule has 0 aliphatic carbocycles. The maximum Gasteiger partial charge on any atom is 0.416 e. The number of esters is 1. The van der Waals surface area contributed by atoms with E-state index in [9.17, 15) is 27.6 Å². The van der Waals surface area contributed by atoms with Gasteiger partial charge in [0.25, 0.3) is 5.91 Å². The van der Waals surface area contributed by atoms with Gasteiger partial charge in [0.1, 0.15) is 5.82 Å². The number of alkyl halides is 3. The molecule has 0 saturated heterocycles. The van der Waals surface area contributed by atoms with Gasteiger partial charge in [0, 0.05) is 23.5 Å². The van der Waals surface area contributed by atoms with Crippen molar-refractivity contribution in [1.29, 1.82) is 0 Å². The molecule has 0 atom stereocenters. The van der Waals surface area contributed by atoms with E-state index in [0.717, 1.165) is 12.1 Å². The molecule has 3 rings (SSSR count). The standard InChI is InChI=1S/C25H20F3N3O4/c1-2-35-24(34)18-10-11-21(29-15-18)31-22(32)12-9-16-5-3-6-17(13-16)23(33)30-20-8-4-7-19(14-20)25(26,27)28/h3-15H,2H2,1H3,(H,30,33)(H,29,31,32)/b12-9+. The molecule has 2 amide bonds. The highest BCUT2D eigenvalue weighted by Crippen LogP contribution is 2.30. The third-order valence-electron chi connectivity index (χ3n) is 4.55. The number of rotatable bonds is 7. The van der Waals surface area contributed by atoms with Crippen molar-refractivity contribution in [1.82, 2.24) is 4.98 Å². The van der Waals surface area contributed by atoms with Gasteiger partial charge in [-0.15, -0.1) is 0 Å².